The molecule has 38 heavy (non-hydrogen) atoms. The molecule has 1 atom stereocenters. The first-order chi connectivity index (χ1) is 18.6. The Morgan fingerprint density at radius 1 is 0.895 bits per heavy atom. The Kier molecular flexibility index (Phi) is 8.34. The van der Waals surface area contributed by atoms with Crippen molar-refractivity contribution in [3.63, 3.8) is 0 Å². The summed E-state index contributed by atoms with van der Waals surface area (Å²) >= 11 is 0. The van der Waals surface area contributed by atoms with Crippen molar-refractivity contribution in [2.75, 3.05) is 31.1 Å². The Morgan fingerprint density at radius 2 is 1.61 bits per heavy atom. The standard InChI is InChI=1S/C33H37N3O2/c1-2-30-32(37)29(28-13-7-8-14-31(28)36(30)24-26-11-5-3-6-12-26)23-25-15-17-27(18-16-25)33(38)34-19-22-35-20-9-4-10-21-35/h2-3,5-8,11-18,29H,4,9-10,19-24H2,1H3,(H,34,38)/b30-2+. The van der Waals surface area contributed by atoms with E-state index in [4.69, 9.17) is 0 Å². The van der Waals surface area contributed by atoms with Gasteiger partial charge in [-0.2, -0.15) is 0 Å². The Hall–Kier alpha value is -3.70. The lowest BCUT2D eigenvalue weighted by Gasteiger charge is -2.37. The molecule has 1 unspecified atom stereocenters. The van der Waals surface area contributed by atoms with Crippen LogP contribution in [0, 0.1) is 0 Å². The van der Waals surface area contributed by atoms with E-state index < -0.39 is 0 Å². The maximum Gasteiger partial charge on any atom is 0.251 e. The predicted octanol–water partition coefficient (Wildman–Crippen LogP) is 5.72. The summed E-state index contributed by atoms with van der Waals surface area (Å²) in [6, 6.07) is 26.2. The summed E-state index contributed by atoms with van der Waals surface area (Å²) in [7, 11) is 0. The minimum Gasteiger partial charge on any atom is -0.351 e. The van der Waals surface area contributed by atoms with E-state index in [1.807, 2.05) is 67.6 Å². The number of rotatable bonds is 8. The zero-order chi connectivity index (χ0) is 26.3. The Bertz CT molecular complexity index is 1280. The average molecular weight is 508 g/mol. The van der Waals surface area contributed by atoms with Crippen molar-refractivity contribution < 1.29 is 9.59 Å². The number of hydrogen-bond acceptors (Lipinski definition) is 4. The van der Waals surface area contributed by atoms with Crippen molar-refractivity contribution in [1.29, 1.82) is 0 Å². The number of piperidine rings is 1. The number of Topliss-reactive ketones (excluding diaryl/α,β-unsaturated/α-hetero) is 1. The molecule has 0 spiro atoms. The Balaban J connectivity index is 1.28. The van der Waals surface area contributed by atoms with Crippen LogP contribution in [-0.4, -0.2) is 42.8 Å². The van der Waals surface area contributed by atoms with Gasteiger partial charge in [0.15, 0.2) is 5.78 Å². The van der Waals surface area contributed by atoms with Gasteiger partial charge in [0.2, 0.25) is 0 Å². The Morgan fingerprint density at radius 3 is 2.34 bits per heavy atom. The van der Waals surface area contributed by atoms with Crippen LogP contribution in [0.5, 0.6) is 0 Å². The number of benzene rings is 3. The first kappa shape index (κ1) is 25.9. The zero-order valence-electron chi connectivity index (χ0n) is 22.2. The van der Waals surface area contributed by atoms with Crippen LogP contribution in [0.25, 0.3) is 0 Å². The van der Waals surface area contributed by atoms with Crippen LogP contribution in [0.2, 0.25) is 0 Å². The van der Waals surface area contributed by atoms with Gasteiger partial charge in [-0.1, -0.05) is 73.2 Å². The van der Waals surface area contributed by atoms with Gasteiger partial charge in [-0.25, -0.2) is 0 Å². The molecule has 3 aromatic carbocycles. The molecule has 2 aliphatic rings. The highest BCUT2D eigenvalue weighted by Gasteiger charge is 2.35. The number of fused-ring (bicyclic) bond motifs is 1. The normalized spacial score (nSPS) is 18.9. The number of carbonyl (C=O) groups is 2. The van der Waals surface area contributed by atoms with E-state index in [2.05, 4.69) is 39.4 Å². The van der Waals surface area contributed by atoms with Gasteiger partial charge in [0, 0.05) is 30.9 Å². The number of nitrogens with zero attached hydrogens (tertiary/aromatic N) is 2. The van der Waals surface area contributed by atoms with Crippen molar-refractivity contribution in [3.05, 3.63) is 113 Å². The zero-order valence-corrected chi connectivity index (χ0v) is 22.2. The molecule has 1 fully saturated rings. The average Bonchev–Trinajstić information content (AvgIpc) is 2.96. The number of para-hydroxylation sites is 1. The summed E-state index contributed by atoms with van der Waals surface area (Å²) in [5, 5.41) is 3.06. The molecular weight excluding hydrogens is 470 g/mol. The molecule has 5 nitrogen and oxygen atoms in total. The SMILES string of the molecule is C/C=C1\C(=O)C(Cc2ccc(C(=O)NCCN3CCCCC3)cc2)c2ccccc2N1Cc1ccccc1. The van der Waals surface area contributed by atoms with Crippen molar-refractivity contribution in [2.45, 2.75) is 45.1 Å². The van der Waals surface area contributed by atoms with Crippen LogP contribution >= 0.6 is 0 Å². The highest BCUT2D eigenvalue weighted by molar-refractivity contribution is 6.07. The van der Waals surface area contributed by atoms with E-state index >= 15 is 0 Å². The minimum atomic E-state index is -0.256. The molecule has 1 saturated heterocycles. The molecule has 0 bridgehead atoms. The van der Waals surface area contributed by atoms with E-state index in [0.29, 0.717) is 25.1 Å². The molecule has 1 N–H and O–H groups in total. The summed E-state index contributed by atoms with van der Waals surface area (Å²) in [5.41, 5.74) is 5.75. The van der Waals surface area contributed by atoms with Gasteiger partial charge in [0.25, 0.3) is 5.91 Å². The largest absolute Gasteiger partial charge is 0.351 e. The second-order valence-corrected chi connectivity index (χ2v) is 10.3. The molecule has 0 saturated carbocycles. The molecule has 0 radical (unpaired) electrons. The van der Waals surface area contributed by atoms with Gasteiger partial charge in [0.1, 0.15) is 0 Å². The summed E-state index contributed by atoms with van der Waals surface area (Å²) < 4.78 is 0. The van der Waals surface area contributed by atoms with Crippen molar-refractivity contribution >= 4 is 17.4 Å². The van der Waals surface area contributed by atoms with Gasteiger partial charge >= 0.3 is 0 Å². The molecule has 0 aromatic heterocycles. The molecule has 5 heteroatoms. The smallest absolute Gasteiger partial charge is 0.251 e. The summed E-state index contributed by atoms with van der Waals surface area (Å²) in [4.78, 5) is 31.0. The second kappa shape index (κ2) is 12.2. The molecule has 1 amide bonds. The predicted molar refractivity (Wildman–Crippen MR) is 153 cm³/mol. The van der Waals surface area contributed by atoms with Gasteiger partial charge in [-0.05, 0) is 74.2 Å². The third-order valence-corrected chi connectivity index (χ3v) is 7.74. The highest BCUT2D eigenvalue weighted by Crippen LogP contribution is 2.40. The van der Waals surface area contributed by atoms with E-state index in [1.54, 1.807) is 0 Å². The van der Waals surface area contributed by atoms with Crippen molar-refractivity contribution in [1.82, 2.24) is 10.2 Å². The Labute approximate surface area is 226 Å². The van der Waals surface area contributed by atoms with Crippen molar-refractivity contribution in [3.8, 4) is 0 Å². The fraction of sp³-hybridized carbons (Fsp3) is 0.333. The van der Waals surface area contributed by atoms with Crippen LogP contribution in [0.1, 0.15) is 59.2 Å². The fourth-order valence-corrected chi connectivity index (χ4v) is 5.69. The van der Waals surface area contributed by atoms with Crippen LogP contribution in [0.4, 0.5) is 5.69 Å². The number of allylic oxidation sites excluding steroid dienone is 2. The molecule has 5 rings (SSSR count). The number of ketones is 1. The van der Waals surface area contributed by atoms with Gasteiger partial charge in [0.05, 0.1) is 11.6 Å². The van der Waals surface area contributed by atoms with Gasteiger partial charge in [-0.3, -0.25) is 9.59 Å². The van der Waals surface area contributed by atoms with Crippen LogP contribution < -0.4 is 10.2 Å². The van der Waals surface area contributed by atoms with Gasteiger partial charge < -0.3 is 15.1 Å². The maximum atomic E-state index is 13.8. The van der Waals surface area contributed by atoms with E-state index in [9.17, 15) is 9.59 Å². The quantitative estimate of drug-likeness (QED) is 0.396. The topological polar surface area (TPSA) is 52.7 Å². The fourth-order valence-electron chi connectivity index (χ4n) is 5.69. The minimum absolute atomic E-state index is 0.0413. The van der Waals surface area contributed by atoms with Gasteiger partial charge in [-0.15, -0.1) is 0 Å². The lowest BCUT2D eigenvalue weighted by Crippen LogP contribution is -2.37. The van der Waals surface area contributed by atoms with Crippen LogP contribution in [-0.2, 0) is 17.8 Å². The summed E-state index contributed by atoms with van der Waals surface area (Å²) in [6.07, 6.45) is 6.36. The third kappa shape index (κ3) is 5.89. The molecule has 196 valence electrons. The molecule has 3 aromatic rings. The number of nitrogens with one attached hydrogen (secondary N) is 1. The monoisotopic (exact) mass is 507 g/mol. The number of carbonyl (C=O) groups excluding carboxylic acids is 2. The maximum absolute atomic E-state index is 13.8. The van der Waals surface area contributed by atoms with E-state index in [0.717, 1.165) is 47.7 Å². The second-order valence-electron chi connectivity index (χ2n) is 10.3. The summed E-state index contributed by atoms with van der Waals surface area (Å²) in [5.74, 6) is -0.157. The number of amides is 1. The van der Waals surface area contributed by atoms with E-state index in [1.165, 1.54) is 19.3 Å². The van der Waals surface area contributed by atoms with Crippen LogP contribution in [0.15, 0.2) is 90.6 Å². The lowest BCUT2D eigenvalue weighted by atomic mass is 9.82. The highest BCUT2D eigenvalue weighted by atomic mass is 16.1. The first-order valence-electron chi connectivity index (χ1n) is 13.8. The number of likely N-dealkylation sites (tertiary alicyclic amines) is 1. The van der Waals surface area contributed by atoms with E-state index in [-0.39, 0.29) is 17.6 Å². The molecule has 2 aliphatic heterocycles. The number of hydrogen-bond donors (Lipinski definition) is 1. The number of anilines is 1. The third-order valence-electron chi connectivity index (χ3n) is 7.74. The summed E-state index contributed by atoms with van der Waals surface area (Å²) in [6.45, 7) is 6.42. The van der Waals surface area contributed by atoms with Crippen LogP contribution in [0.3, 0.4) is 0 Å². The van der Waals surface area contributed by atoms with Crippen molar-refractivity contribution in [2.24, 2.45) is 0 Å². The molecule has 0 aliphatic carbocycles. The molecule has 2 heterocycles. The first-order valence-corrected chi connectivity index (χ1v) is 13.8. The lowest BCUT2D eigenvalue weighted by molar-refractivity contribution is -0.117. The molecular formula is C33H37N3O2.